The number of aliphatic carboxylic acids is 3. The molecule has 7 atom stereocenters. The highest BCUT2D eigenvalue weighted by Gasteiger charge is 2.42. The molecule has 1 fully saturated rings. The Kier molecular flexibility index (Phi) is 24.3. The van der Waals surface area contributed by atoms with Crippen molar-refractivity contribution in [3.8, 4) is 0 Å². The average Bonchev–Trinajstić information content (AvgIpc) is 3.27. The molecule has 2 rings (SSSR count). The molecule has 0 aliphatic heterocycles. The summed E-state index contributed by atoms with van der Waals surface area (Å²) in [6.07, 6.45) is -6.79. The number of nitrogens with one attached hydrogen (secondary N) is 7. The van der Waals surface area contributed by atoms with E-state index in [-0.39, 0.29) is 18.8 Å². The quantitative estimate of drug-likeness (QED) is 0.0539. The molecule has 0 radical (unpaired) electrons. The molecule has 24 heteroatoms. The molecule has 21 nitrogen and oxygen atoms in total. The summed E-state index contributed by atoms with van der Waals surface area (Å²) in [6, 6.07) is -4.69. The molecule has 0 spiro atoms. The summed E-state index contributed by atoms with van der Waals surface area (Å²) in [7, 11) is 0. The minimum atomic E-state index is -5.02. The maximum Gasteiger partial charge on any atom is 0.391 e. The van der Waals surface area contributed by atoms with Gasteiger partial charge in [0.15, 0.2) is 0 Å². The molecule has 0 saturated heterocycles. The Hall–Kier alpha value is -6.62. The predicted molar refractivity (Wildman–Crippen MR) is 251 cm³/mol. The van der Waals surface area contributed by atoms with Gasteiger partial charge in [-0.1, -0.05) is 78.1 Å². The van der Waals surface area contributed by atoms with Crippen molar-refractivity contribution in [3.63, 3.8) is 0 Å². The van der Waals surface area contributed by atoms with Gasteiger partial charge in [0.05, 0.1) is 19.3 Å². The first-order chi connectivity index (χ1) is 33.4. The van der Waals surface area contributed by atoms with E-state index in [9.17, 15) is 76.1 Å². The molecular formula is C48H70F3N7O14. The van der Waals surface area contributed by atoms with E-state index < -0.39 is 163 Å². The number of carboxylic acid groups (broad SMARTS) is 3. The van der Waals surface area contributed by atoms with Gasteiger partial charge in [0.2, 0.25) is 41.2 Å². The summed E-state index contributed by atoms with van der Waals surface area (Å²) in [5.74, 6) is -14.3. The van der Waals surface area contributed by atoms with Gasteiger partial charge < -0.3 is 52.5 Å². The minimum absolute atomic E-state index is 0.00220. The summed E-state index contributed by atoms with van der Waals surface area (Å²) < 4.78 is 41.7. The topological polar surface area (TPSA) is 333 Å². The number of rotatable bonds is 28. The third kappa shape index (κ3) is 22.2. The van der Waals surface area contributed by atoms with E-state index in [1.807, 2.05) is 5.32 Å². The Labute approximate surface area is 415 Å². The Morgan fingerprint density at radius 2 is 1.14 bits per heavy atom. The second-order valence-corrected chi connectivity index (χ2v) is 19.7. The zero-order chi connectivity index (χ0) is 54.7. The minimum Gasteiger partial charge on any atom is -0.481 e. The lowest BCUT2D eigenvalue weighted by atomic mass is 9.84. The normalized spacial score (nSPS) is 16.0. The van der Waals surface area contributed by atoms with Crippen LogP contribution in [0.2, 0.25) is 0 Å². The van der Waals surface area contributed by atoms with Gasteiger partial charge in [0, 0.05) is 25.3 Å². The Morgan fingerprint density at radius 1 is 0.611 bits per heavy atom. The SMILES string of the molecule is Cc1ccccc1C[C@H](NC(=O)[C@H](CCC(=O)O)NC(=O)[C@H](CC(=O)O)NC(=O)CCC(=O)O)C(=O)N[C@H](C(=O)N[C@@H](CC(C)C)C(=O)NC(CC(F)(F)F)C(=O)C(=O)N[C@@H](C)C1CCCCC1)C(C)(C)C. The zero-order valence-electron chi connectivity index (χ0n) is 41.7. The highest BCUT2D eigenvalue weighted by atomic mass is 19.4. The van der Waals surface area contributed by atoms with E-state index in [4.69, 9.17) is 5.11 Å². The fraction of sp³-hybridized carbons (Fsp3) is 0.646. The lowest BCUT2D eigenvalue weighted by Crippen LogP contribution is -2.62. The number of amides is 7. The van der Waals surface area contributed by atoms with Crippen molar-refractivity contribution in [2.45, 2.75) is 180 Å². The second-order valence-electron chi connectivity index (χ2n) is 19.7. The third-order valence-electron chi connectivity index (χ3n) is 12.0. The van der Waals surface area contributed by atoms with Gasteiger partial charge in [-0.05, 0) is 67.9 Å². The summed E-state index contributed by atoms with van der Waals surface area (Å²) in [4.78, 5) is 143. The molecule has 10 N–H and O–H groups in total. The number of carbonyl (C=O) groups excluding carboxylic acids is 8. The Balaban J connectivity index is 2.49. The standard InChI is InChI=1S/C48H70F3N7O14/c1-25(2)21-31(42(68)57-34(24-48(49,50)51)39(66)45(71)52-27(4)28-14-9-8-10-15-28)56-46(72)40(47(5,6)7)58-44(70)32(22-29-16-12-11-13-26(29)3)55-41(67)30(17-19-36(60)61)54-43(69)33(23-38(64)65)53-35(59)18-20-37(62)63/h11-13,16,25,27-28,30-34,40H,8-10,14-15,17-24H2,1-7H3,(H,52,71)(H,53,59)(H,54,69)(H,55,67)(H,56,72)(H,57,68)(H,58,70)(H,60,61)(H,62,63)(H,64,65)/t27-,30-,31-,32-,33-,34?,40+/m0/s1. The van der Waals surface area contributed by atoms with Crippen LogP contribution in [-0.4, -0.2) is 129 Å². The van der Waals surface area contributed by atoms with Crippen molar-refractivity contribution < 1.29 is 81.2 Å². The van der Waals surface area contributed by atoms with Crippen molar-refractivity contribution >= 4 is 65.0 Å². The molecule has 1 unspecified atom stereocenters. The molecule has 7 amide bonds. The molecule has 402 valence electrons. The van der Waals surface area contributed by atoms with Crippen LogP contribution in [0.5, 0.6) is 0 Å². The molecule has 1 aliphatic carbocycles. The van der Waals surface area contributed by atoms with Crippen LogP contribution in [0.25, 0.3) is 0 Å². The van der Waals surface area contributed by atoms with Gasteiger partial charge in [0.1, 0.15) is 36.3 Å². The molecule has 1 aliphatic rings. The third-order valence-corrected chi connectivity index (χ3v) is 12.0. The van der Waals surface area contributed by atoms with E-state index in [2.05, 4.69) is 31.9 Å². The van der Waals surface area contributed by atoms with Gasteiger partial charge in [-0.15, -0.1) is 0 Å². The van der Waals surface area contributed by atoms with Crippen molar-refractivity contribution in [1.29, 1.82) is 0 Å². The molecular weight excluding hydrogens is 956 g/mol. The lowest BCUT2D eigenvalue weighted by Gasteiger charge is -2.34. The number of alkyl halides is 3. The fourth-order valence-corrected chi connectivity index (χ4v) is 8.00. The number of carboxylic acids is 3. The number of halogens is 3. The maximum absolute atomic E-state index is 14.4. The summed E-state index contributed by atoms with van der Waals surface area (Å²) in [5, 5.41) is 44.2. The van der Waals surface area contributed by atoms with Gasteiger partial charge in [0.25, 0.3) is 5.91 Å². The lowest BCUT2D eigenvalue weighted by molar-refractivity contribution is -0.154. The number of carbonyl (C=O) groups is 11. The van der Waals surface area contributed by atoms with Crippen molar-refractivity contribution in [2.24, 2.45) is 17.3 Å². The first-order valence-corrected chi connectivity index (χ1v) is 23.8. The van der Waals surface area contributed by atoms with Gasteiger partial charge in [-0.3, -0.25) is 52.7 Å². The largest absolute Gasteiger partial charge is 0.481 e. The van der Waals surface area contributed by atoms with Gasteiger partial charge in [-0.25, -0.2) is 0 Å². The van der Waals surface area contributed by atoms with E-state index >= 15 is 0 Å². The number of hydrogen-bond donors (Lipinski definition) is 10. The summed E-state index contributed by atoms with van der Waals surface area (Å²) in [5.41, 5.74) is -0.0640. The summed E-state index contributed by atoms with van der Waals surface area (Å²) in [6.45, 7) is 11.2. The van der Waals surface area contributed by atoms with Crippen LogP contribution < -0.4 is 37.2 Å². The first-order valence-electron chi connectivity index (χ1n) is 23.8. The van der Waals surface area contributed by atoms with Crippen LogP contribution in [0.4, 0.5) is 13.2 Å². The molecule has 0 bridgehead atoms. The predicted octanol–water partition coefficient (Wildman–Crippen LogP) is 2.35. The van der Waals surface area contributed by atoms with Crippen molar-refractivity contribution in [3.05, 3.63) is 35.4 Å². The van der Waals surface area contributed by atoms with E-state index in [0.29, 0.717) is 11.1 Å². The van der Waals surface area contributed by atoms with Crippen LogP contribution in [0.3, 0.4) is 0 Å². The van der Waals surface area contributed by atoms with Crippen molar-refractivity contribution in [1.82, 2.24) is 37.2 Å². The fourth-order valence-electron chi connectivity index (χ4n) is 8.00. The highest BCUT2D eigenvalue weighted by Crippen LogP contribution is 2.27. The molecule has 1 aromatic rings. The molecule has 1 aromatic carbocycles. The monoisotopic (exact) mass is 1030 g/mol. The smallest absolute Gasteiger partial charge is 0.391 e. The first kappa shape index (κ1) is 61.5. The van der Waals surface area contributed by atoms with E-state index in [1.165, 1.54) is 20.8 Å². The Bertz CT molecular complexity index is 2120. The molecule has 1 saturated carbocycles. The number of Topliss-reactive ketones (excluding diaryl/α,β-unsaturated/α-hetero) is 1. The van der Waals surface area contributed by atoms with Crippen molar-refractivity contribution in [2.75, 3.05) is 0 Å². The van der Waals surface area contributed by atoms with Gasteiger partial charge in [-0.2, -0.15) is 13.2 Å². The maximum atomic E-state index is 14.4. The van der Waals surface area contributed by atoms with Crippen LogP contribution in [0.15, 0.2) is 24.3 Å². The summed E-state index contributed by atoms with van der Waals surface area (Å²) >= 11 is 0. The number of hydrogen-bond acceptors (Lipinski definition) is 11. The zero-order valence-corrected chi connectivity index (χ0v) is 41.7. The van der Waals surface area contributed by atoms with Crippen LogP contribution in [-0.2, 0) is 59.2 Å². The highest BCUT2D eigenvalue weighted by molar-refractivity contribution is 6.38. The molecule has 72 heavy (non-hydrogen) atoms. The number of aryl methyl sites for hydroxylation is 1. The average molecular weight is 1030 g/mol. The Morgan fingerprint density at radius 3 is 1.68 bits per heavy atom. The van der Waals surface area contributed by atoms with E-state index in [1.54, 1.807) is 52.0 Å². The second kappa shape index (κ2) is 28.4. The number of ketones is 1. The number of benzene rings is 1. The molecule has 0 aromatic heterocycles. The van der Waals surface area contributed by atoms with E-state index in [0.717, 1.165) is 32.1 Å². The van der Waals surface area contributed by atoms with Crippen LogP contribution in [0.1, 0.15) is 130 Å². The van der Waals surface area contributed by atoms with Gasteiger partial charge >= 0.3 is 24.1 Å². The molecule has 0 heterocycles. The van der Waals surface area contributed by atoms with Crippen LogP contribution >= 0.6 is 0 Å². The van der Waals surface area contributed by atoms with Crippen LogP contribution in [0, 0.1) is 24.2 Å².